The summed E-state index contributed by atoms with van der Waals surface area (Å²) in [5, 5.41) is 7.13. The molecular weight excluding hydrogens is 334 g/mol. The van der Waals surface area contributed by atoms with Gasteiger partial charge in [-0.2, -0.15) is 4.99 Å². The average molecular weight is 362 g/mol. The fourth-order valence-corrected chi connectivity index (χ4v) is 5.59. The van der Waals surface area contributed by atoms with Crippen LogP contribution in [0.2, 0.25) is 0 Å². The fraction of sp³-hybridized carbons (Fsp3) is 0.737. The minimum atomic E-state index is -0.150. The Morgan fingerprint density at radius 1 is 1.20 bits per heavy atom. The van der Waals surface area contributed by atoms with Gasteiger partial charge in [0.15, 0.2) is 5.17 Å². The third kappa shape index (κ3) is 3.94. The number of nitrogens with one attached hydrogen (secondary N) is 2. The molecule has 0 saturated heterocycles. The first-order chi connectivity index (χ1) is 12.2. The van der Waals surface area contributed by atoms with Gasteiger partial charge in [-0.3, -0.25) is 9.59 Å². The number of rotatable bonds is 5. The number of amides is 2. The van der Waals surface area contributed by atoms with Gasteiger partial charge in [-0.05, 0) is 43.9 Å². The summed E-state index contributed by atoms with van der Waals surface area (Å²) in [5.74, 6) is 1.59. The molecule has 0 aromatic rings. The second kappa shape index (κ2) is 7.52. The lowest BCUT2D eigenvalue weighted by Gasteiger charge is -2.21. The number of thioether (sulfide) groups is 1. The Balaban J connectivity index is 1.19. The molecule has 2 fully saturated rings. The maximum Gasteiger partial charge on any atom is 0.261 e. The van der Waals surface area contributed by atoms with Crippen molar-refractivity contribution in [2.75, 3.05) is 6.54 Å². The van der Waals surface area contributed by atoms with Crippen molar-refractivity contribution in [2.45, 2.75) is 62.7 Å². The maximum absolute atomic E-state index is 12.2. The van der Waals surface area contributed by atoms with E-state index in [1.54, 1.807) is 0 Å². The topological polar surface area (TPSA) is 70.6 Å². The highest BCUT2D eigenvalue weighted by molar-refractivity contribution is 8.15. The monoisotopic (exact) mass is 361 g/mol. The number of hydrogen-bond acceptors (Lipinski definition) is 4. The predicted octanol–water partition coefficient (Wildman–Crippen LogP) is 2.63. The molecule has 136 valence electrons. The van der Waals surface area contributed by atoms with E-state index < -0.39 is 0 Å². The molecule has 6 heteroatoms. The lowest BCUT2D eigenvalue weighted by atomic mass is 9.89. The van der Waals surface area contributed by atoms with E-state index in [-0.39, 0.29) is 23.0 Å². The van der Waals surface area contributed by atoms with Crippen LogP contribution in [-0.2, 0) is 9.59 Å². The highest BCUT2D eigenvalue weighted by atomic mass is 32.2. The van der Waals surface area contributed by atoms with Gasteiger partial charge < -0.3 is 10.6 Å². The van der Waals surface area contributed by atoms with E-state index in [0.717, 1.165) is 37.3 Å². The van der Waals surface area contributed by atoms with Crippen LogP contribution in [0.4, 0.5) is 0 Å². The van der Waals surface area contributed by atoms with Crippen LogP contribution in [0.25, 0.3) is 0 Å². The smallest absolute Gasteiger partial charge is 0.261 e. The molecule has 0 aromatic heterocycles. The van der Waals surface area contributed by atoms with Gasteiger partial charge >= 0.3 is 0 Å². The van der Waals surface area contributed by atoms with Gasteiger partial charge in [0.05, 0.1) is 5.25 Å². The van der Waals surface area contributed by atoms with E-state index in [4.69, 9.17) is 0 Å². The number of amidine groups is 1. The van der Waals surface area contributed by atoms with Crippen LogP contribution in [0.1, 0.15) is 51.4 Å². The van der Waals surface area contributed by atoms with Crippen LogP contribution >= 0.6 is 11.8 Å². The van der Waals surface area contributed by atoms with Gasteiger partial charge in [0.25, 0.3) is 5.91 Å². The molecule has 0 spiro atoms. The molecule has 1 aliphatic heterocycles. The van der Waals surface area contributed by atoms with Crippen molar-refractivity contribution in [3.8, 4) is 0 Å². The molecule has 4 atom stereocenters. The van der Waals surface area contributed by atoms with Crippen molar-refractivity contribution in [3.63, 3.8) is 0 Å². The van der Waals surface area contributed by atoms with Crippen LogP contribution in [0.15, 0.2) is 17.1 Å². The van der Waals surface area contributed by atoms with Gasteiger partial charge in [0.2, 0.25) is 5.91 Å². The minimum Gasteiger partial charge on any atom is -0.361 e. The predicted molar refractivity (Wildman–Crippen MR) is 100 cm³/mol. The van der Waals surface area contributed by atoms with Crippen LogP contribution in [0, 0.1) is 17.8 Å². The number of carbonyl (C=O) groups excluding carboxylic acids is 2. The van der Waals surface area contributed by atoms with E-state index in [1.807, 2.05) is 0 Å². The zero-order valence-electron chi connectivity index (χ0n) is 14.6. The second-order valence-corrected chi connectivity index (χ2v) is 9.00. The normalized spacial score (nSPS) is 34.4. The van der Waals surface area contributed by atoms with Crippen molar-refractivity contribution in [2.24, 2.45) is 22.7 Å². The second-order valence-electron chi connectivity index (χ2n) is 7.81. The standard InChI is InChI=1S/C19H27N3O2S/c23-17(13-4-2-1-3-5-13)20-9-8-16-18(24)22-19(25-16)21-15-11-12-6-7-14(15)10-12/h6-7,12-16H,1-5,8-11H2,(H,20,23)(H,21,22,24). The molecule has 2 N–H and O–H groups in total. The third-order valence-electron chi connectivity index (χ3n) is 6.01. The number of nitrogens with zero attached hydrogens (tertiary/aromatic N) is 1. The molecule has 4 rings (SSSR count). The molecule has 5 nitrogen and oxygen atoms in total. The summed E-state index contributed by atoms with van der Waals surface area (Å²) < 4.78 is 0. The van der Waals surface area contributed by atoms with Crippen LogP contribution in [-0.4, -0.2) is 34.8 Å². The van der Waals surface area contributed by atoms with Crippen molar-refractivity contribution in [1.82, 2.24) is 10.6 Å². The van der Waals surface area contributed by atoms with Gasteiger partial charge in [0, 0.05) is 18.5 Å². The average Bonchev–Trinajstić information content (AvgIpc) is 3.32. The first-order valence-electron chi connectivity index (χ1n) is 9.71. The molecule has 25 heavy (non-hydrogen) atoms. The molecule has 1 heterocycles. The lowest BCUT2D eigenvalue weighted by Crippen LogP contribution is -2.36. The van der Waals surface area contributed by atoms with E-state index in [9.17, 15) is 9.59 Å². The number of hydrogen-bond donors (Lipinski definition) is 2. The van der Waals surface area contributed by atoms with Crippen LogP contribution in [0.3, 0.4) is 0 Å². The zero-order valence-corrected chi connectivity index (χ0v) is 15.4. The Hall–Kier alpha value is -1.30. The number of allylic oxidation sites excluding steroid dienone is 1. The Bertz CT molecular complexity index is 597. The minimum absolute atomic E-state index is 0.0573. The molecule has 2 amide bonds. The first kappa shape index (κ1) is 17.1. The number of aliphatic imine (C=N–C) groups is 1. The summed E-state index contributed by atoms with van der Waals surface area (Å²) in [5.41, 5.74) is 0. The molecule has 4 aliphatic rings. The summed E-state index contributed by atoms with van der Waals surface area (Å²) in [6, 6.07) is 0.429. The Kier molecular flexibility index (Phi) is 5.15. The largest absolute Gasteiger partial charge is 0.361 e. The summed E-state index contributed by atoms with van der Waals surface area (Å²) in [4.78, 5) is 28.5. The summed E-state index contributed by atoms with van der Waals surface area (Å²) in [6.07, 6.45) is 13.3. The van der Waals surface area contributed by atoms with Crippen molar-refractivity contribution >= 4 is 28.7 Å². The van der Waals surface area contributed by atoms with E-state index >= 15 is 0 Å². The molecule has 2 saturated carbocycles. The van der Waals surface area contributed by atoms with Crippen molar-refractivity contribution in [3.05, 3.63) is 12.2 Å². The van der Waals surface area contributed by atoms with E-state index in [2.05, 4.69) is 27.8 Å². The zero-order chi connectivity index (χ0) is 17.2. The van der Waals surface area contributed by atoms with E-state index in [0.29, 0.717) is 30.8 Å². The van der Waals surface area contributed by atoms with Crippen molar-refractivity contribution < 1.29 is 9.59 Å². The molecule has 3 aliphatic carbocycles. The molecule has 2 bridgehead atoms. The molecule has 0 radical (unpaired) electrons. The van der Waals surface area contributed by atoms with E-state index in [1.165, 1.54) is 24.6 Å². The molecular formula is C19H27N3O2S. The number of fused-ring (bicyclic) bond motifs is 2. The van der Waals surface area contributed by atoms with Crippen LogP contribution in [0.5, 0.6) is 0 Å². The first-order valence-corrected chi connectivity index (χ1v) is 10.6. The van der Waals surface area contributed by atoms with Gasteiger partial charge in [0.1, 0.15) is 0 Å². The highest BCUT2D eigenvalue weighted by Gasteiger charge is 2.38. The van der Waals surface area contributed by atoms with Crippen molar-refractivity contribution in [1.29, 1.82) is 0 Å². The lowest BCUT2D eigenvalue weighted by molar-refractivity contribution is -0.126. The summed E-state index contributed by atoms with van der Waals surface area (Å²) in [7, 11) is 0. The summed E-state index contributed by atoms with van der Waals surface area (Å²) >= 11 is 1.53. The Labute approximate surface area is 153 Å². The third-order valence-corrected chi connectivity index (χ3v) is 7.16. The van der Waals surface area contributed by atoms with Gasteiger partial charge in [-0.1, -0.05) is 43.2 Å². The van der Waals surface area contributed by atoms with Gasteiger partial charge in [-0.15, -0.1) is 0 Å². The Morgan fingerprint density at radius 3 is 2.76 bits per heavy atom. The molecule has 4 unspecified atom stereocenters. The Morgan fingerprint density at radius 2 is 2.04 bits per heavy atom. The van der Waals surface area contributed by atoms with Crippen LogP contribution < -0.4 is 10.6 Å². The quantitative estimate of drug-likeness (QED) is 0.739. The molecule has 0 aromatic carbocycles. The SMILES string of the molecule is O=C(NCCC1SC(NC2CC3C=CC2C3)=NC1=O)C1CCCCC1. The summed E-state index contributed by atoms with van der Waals surface area (Å²) in [6.45, 7) is 0.568. The maximum atomic E-state index is 12.2. The number of carbonyl (C=O) groups is 2. The fourth-order valence-electron chi connectivity index (χ4n) is 4.57. The van der Waals surface area contributed by atoms with Gasteiger partial charge in [-0.25, -0.2) is 0 Å². The highest BCUT2D eigenvalue weighted by Crippen LogP contribution is 2.39.